The molecule has 1 saturated carbocycles. The van der Waals surface area contributed by atoms with E-state index in [1.54, 1.807) is 16.4 Å². The van der Waals surface area contributed by atoms with Crippen LogP contribution in [-0.4, -0.2) is 36.0 Å². The molecular formula is C17H24N4O3S2. The SMILES string of the molecule is CC1CCN(S(=O)(=O)c2ccc(-c3nc(C4(N)CCCC4)no3)s2)CC1. The Kier molecular flexibility index (Phi) is 4.66. The Morgan fingerprint density at radius 1 is 1.27 bits per heavy atom. The van der Waals surface area contributed by atoms with Crippen molar-refractivity contribution in [1.29, 1.82) is 0 Å². The molecule has 0 bridgehead atoms. The number of thiophene rings is 1. The van der Waals surface area contributed by atoms with Crippen LogP contribution in [0.2, 0.25) is 0 Å². The minimum atomic E-state index is -3.46. The molecule has 2 aromatic rings. The Balaban J connectivity index is 1.56. The van der Waals surface area contributed by atoms with Crippen molar-refractivity contribution in [2.75, 3.05) is 13.1 Å². The first-order chi connectivity index (χ1) is 12.4. The molecule has 7 nitrogen and oxygen atoms in total. The largest absolute Gasteiger partial charge is 0.333 e. The van der Waals surface area contributed by atoms with Crippen LogP contribution in [-0.2, 0) is 15.6 Å². The normalized spacial score (nSPS) is 22.1. The molecule has 26 heavy (non-hydrogen) atoms. The fraction of sp³-hybridized carbons (Fsp3) is 0.647. The number of aromatic nitrogens is 2. The van der Waals surface area contributed by atoms with E-state index in [-0.39, 0.29) is 0 Å². The molecule has 0 amide bonds. The molecule has 2 N–H and O–H groups in total. The maximum Gasteiger partial charge on any atom is 0.268 e. The standard InChI is InChI=1S/C17H24N4O3S2/c1-12-6-10-21(11-7-12)26(22,23)14-5-4-13(25-14)15-19-16(20-24-15)17(18)8-2-3-9-17/h4-5,12H,2-3,6-11,18H2,1H3. The lowest BCUT2D eigenvalue weighted by Crippen LogP contribution is -2.37. The molecule has 2 aromatic heterocycles. The van der Waals surface area contributed by atoms with Crippen LogP contribution in [0.4, 0.5) is 0 Å². The summed E-state index contributed by atoms with van der Waals surface area (Å²) >= 11 is 1.18. The third-order valence-electron chi connectivity index (χ3n) is 5.50. The Morgan fingerprint density at radius 3 is 2.65 bits per heavy atom. The summed E-state index contributed by atoms with van der Waals surface area (Å²) in [6.07, 6.45) is 5.64. The van der Waals surface area contributed by atoms with Gasteiger partial charge in [-0.2, -0.15) is 9.29 Å². The van der Waals surface area contributed by atoms with E-state index in [1.165, 1.54) is 11.3 Å². The summed E-state index contributed by atoms with van der Waals surface area (Å²) in [4.78, 5) is 5.11. The molecule has 0 radical (unpaired) electrons. The van der Waals surface area contributed by atoms with Gasteiger partial charge in [0, 0.05) is 13.1 Å². The van der Waals surface area contributed by atoms with E-state index in [0.29, 0.717) is 39.8 Å². The van der Waals surface area contributed by atoms with E-state index in [2.05, 4.69) is 17.1 Å². The molecule has 4 rings (SSSR count). The molecule has 0 unspecified atom stereocenters. The Morgan fingerprint density at radius 2 is 1.96 bits per heavy atom. The summed E-state index contributed by atoms with van der Waals surface area (Å²) in [5.41, 5.74) is 5.86. The molecule has 0 spiro atoms. The van der Waals surface area contributed by atoms with Gasteiger partial charge >= 0.3 is 0 Å². The van der Waals surface area contributed by atoms with Crippen molar-refractivity contribution in [1.82, 2.24) is 14.4 Å². The number of hydrogen-bond donors (Lipinski definition) is 1. The summed E-state index contributed by atoms with van der Waals surface area (Å²) in [5, 5.41) is 4.05. The van der Waals surface area contributed by atoms with Crippen molar-refractivity contribution >= 4 is 21.4 Å². The zero-order chi connectivity index (χ0) is 18.4. The van der Waals surface area contributed by atoms with E-state index >= 15 is 0 Å². The molecular weight excluding hydrogens is 372 g/mol. The Labute approximate surface area is 157 Å². The highest BCUT2D eigenvalue weighted by molar-refractivity contribution is 7.91. The zero-order valence-electron chi connectivity index (χ0n) is 14.8. The second-order valence-electron chi connectivity index (χ2n) is 7.49. The van der Waals surface area contributed by atoms with Crippen molar-refractivity contribution < 1.29 is 12.9 Å². The first-order valence-electron chi connectivity index (χ1n) is 9.12. The van der Waals surface area contributed by atoms with Crippen molar-refractivity contribution in [2.24, 2.45) is 11.7 Å². The fourth-order valence-corrected chi connectivity index (χ4v) is 6.53. The minimum absolute atomic E-state index is 0.324. The topological polar surface area (TPSA) is 102 Å². The van der Waals surface area contributed by atoms with Crippen LogP contribution in [0.15, 0.2) is 20.9 Å². The van der Waals surface area contributed by atoms with Gasteiger partial charge in [0.1, 0.15) is 4.21 Å². The second-order valence-corrected chi connectivity index (χ2v) is 10.7. The third-order valence-corrected chi connectivity index (χ3v) is 8.94. The number of hydrogen-bond acceptors (Lipinski definition) is 7. The molecule has 142 valence electrons. The van der Waals surface area contributed by atoms with Crippen LogP contribution in [0.1, 0.15) is 51.3 Å². The van der Waals surface area contributed by atoms with Gasteiger partial charge in [0.05, 0.1) is 10.4 Å². The highest BCUT2D eigenvalue weighted by Crippen LogP contribution is 2.37. The van der Waals surface area contributed by atoms with Crippen molar-refractivity contribution in [2.45, 2.75) is 55.2 Å². The van der Waals surface area contributed by atoms with Crippen molar-refractivity contribution in [3.05, 3.63) is 18.0 Å². The number of nitrogens with two attached hydrogens (primary N) is 1. The Hall–Kier alpha value is -1.29. The molecule has 0 atom stereocenters. The zero-order valence-corrected chi connectivity index (χ0v) is 16.5. The Bertz CT molecular complexity index is 875. The summed E-state index contributed by atoms with van der Waals surface area (Å²) in [6.45, 7) is 3.32. The molecule has 1 saturated heterocycles. The summed E-state index contributed by atoms with van der Waals surface area (Å²) in [6, 6.07) is 3.37. The number of piperidine rings is 1. The average molecular weight is 397 g/mol. The first kappa shape index (κ1) is 18.1. The van der Waals surface area contributed by atoms with Crippen LogP contribution < -0.4 is 5.73 Å². The van der Waals surface area contributed by atoms with Crippen molar-refractivity contribution in [3.8, 4) is 10.8 Å². The van der Waals surface area contributed by atoms with Crippen molar-refractivity contribution in [3.63, 3.8) is 0 Å². The quantitative estimate of drug-likeness (QED) is 0.852. The monoisotopic (exact) mass is 396 g/mol. The summed E-state index contributed by atoms with van der Waals surface area (Å²) in [7, 11) is -3.46. The second kappa shape index (κ2) is 6.70. The van der Waals surface area contributed by atoms with Gasteiger partial charge in [-0.05, 0) is 43.7 Å². The van der Waals surface area contributed by atoms with Gasteiger partial charge < -0.3 is 10.3 Å². The van der Waals surface area contributed by atoms with Crippen LogP contribution >= 0.6 is 11.3 Å². The predicted molar refractivity (Wildman–Crippen MR) is 99.1 cm³/mol. The smallest absolute Gasteiger partial charge is 0.268 e. The van der Waals surface area contributed by atoms with E-state index in [1.807, 2.05) is 0 Å². The lowest BCUT2D eigenvalue weighted by atomic mass is 9.99. The maximum absolute atomic E-state index is 12.9. The van der Waals surface area contributed by atoms with E-state index in [4.69, 9.17) is 10.3 Å². The number of nitrogens with zero attached hydrogens (tertiary/aromatic N) is 3. The van der Waals surface area contributed by atoms with Gasteiger partial charge in [0.2, 0.25) is 0 Å². The summed E-state index contributed by atoms with van der Waals surface area (Å²) in [5.74, 6) is 1.44. The van der Waals surface area contributed by atoms with Crippen LogP contribution in [0.25, 0.3) is 10.8 Å². The molecule has 2 aliphatic rings. The van der Waals surface area contributed by atoms with E-state index in [0.717, 1.165) is 38.5 Å². The number of rotatable bonds is 4. The fourth-order valence-electron chi connectivity index (χ4n) is 3.68. The lowest BCUT2D eigenvalue weighted by molar-refractivity contribution is 0.288. The lowest BCUT2D eigenvalue weighted by Gasteiger charge is -2.28. The summed E-state index contributed by atoms with van der Waals surface area (Å²) < 4.78 is 33.0. The molecule has 1 aliphatic carbocycles. The maximum atomic E-state index is 12.9. The predicted octanol–water partition coefficient (Wildman–Crippen LogP) is 2.95. The molecule has 0 aromatic carbocycles. The van der Waals surface area contributed by atoms with Gasteiger partial charge in [-0.1, -0.05) is 24.9 Å². The van der Waals surface area contributed by atoms with Gasteiger partial charge in [-0.3, -0.25) is 0 Å². The van der Waals surface area contributed by atoms with Crippen LogP contribution in [0.5, 0.6) is 0 Å². The minimum Gasteiger partial charge on any atom is -0.333 e. The highest BCUT2D eigenvalue weighted by Gasteiger charge is 2.36. The first-order valence-corrected chi connectivity index (χ1v) is 11.4. The van der Waals surface area contributed by atoms with Gasteiger partial charge in [-0.15, -0.1) is 11.3 Å². The van der Waals surface area contributed by atoms with Crippen LogP contribution in [0, 0.1) is 5.92 Å². The van der Waals surface area contributed by atoms with Gasteiger partial charge in [0.15, 0.2) is 5.82 Å². The molecule has 9 heteroatoms. The van der Waals surface area contributed by atoms with E-state index < -0.39 is 15.6 Å². The third kappa shape index (κ3) is 3.21. The molecule has 1 aliphatic heterocycles. The van der Waals surface area contributed by atoms with Gasteiger partial charge in [-0.25, -0.2) is 8.42 Å². The molecule has 3 heterocycles. The van der Waals surface area contributed by atoms with Crippen LogP contribution in [0.3, 0.4) is 0 Å². The highest BCUT2D eigenvalue weighted by atomic mass is 32.2. The molecule has 2 fully saturated rings. The number of sulfonamides is 1. The average Bonchev–Trinajstić information content (AvgIpc) is 3.35. The van der Waals surface area contributed by atoms with E-state index in [9.17, 15) is 8.42 Å². The van der Waals surface area contributed by atoms with Gasteiger partial charge in [0.25, 0.3) is 15.9 Å².